The van der Waals surface area contributed by atoms with E-state index in [1.807, 2.05) is 0 Å². The van der Waals surface area contributed by atoms with Gasteiger partial charge in [0.05, 0.1) is 0 Å². The third kappa shape index (κ3) is 1.30. The molecular weight excluding hydrogens is 142 g/mol. The highest BCUT2D eigenvalue weighted by atomic mass is 16.1. The molecule has 0 amide bonds. The van der Waals surface area contributed by atoms with Crippen molar-refractivity contribution in [1.29, 1.82) is 0 Å². The highest BCUT2D eigenvalue weighted by Crippen LogP contribution is 1.89. The molecule has 0 aromatic carbocycles. The lowest BCUT2D eigenvalue weighted by atomic mass is 10.3. The smallest absolute Gasteiger partial charge is 0.257 e. The van der Waals surface area contributed by atoms with Crippen LogP contribution in [0.2, 0.25) is 0 Å². The molecule has 2 N–H and O–H groups in total. The van der Waals surface area contributed by atoms with E-state index in [1.165, 1.54) is 10.8 Å². The Kier molecular flexibility index (Phi) is 2.05. The van der Waals surface area contributed by atoms with Gasteiger partial charge in [-0.05, 0) is 6.92 Å². The third-order valence-corrected chi connectivity index (χ3v) is 1.69. The van der Waals surface area contributed by atoms with Crippen LogP contribution in [-0.4, -0.2) is 9.55 Å². The molecule has 0 spiro atoms. The Balaban J connectivity index is 3.37. The molecule has 0 bridgehead atoms. The van der Waals surface area contributed by atoms with Crippen LogP contribution in [0.3, 0.4) is 0 Å². The van der Waals surface area contributed by atoms with Gasteiger partial charge in [-0.2, -0.15) is 0 Å². The zero-order valence-electron chi connectivity index (χ0n) is 6.66. The lowest BCUT2D eigenvalue weighted by molar-refractivity contribution is 0.752. The van der Waals surface area contributed by atoms with Gasteiger partial charge in [0.15, 0.2) is 0 Å². The van der Waals surface area contributed by atoms with Crippen LogP contribution in [0.15, 0.2) is 11.0 Å². The minimum atomic E-state index is -0.0556. The zero-order valence-corrected chi connectivity index (χ0v) is 6.66. The largest absolute Gasteiger partial charge is 0.326 e. The predicted octanol–water partition coefficient (Wildman–Crippen LogP) is -0.453. The number of hydrogen-bond acceptors (Lipinski definition) is 3. The van der Waals surface area contributed by atoms with Crippen molar-refractivity contribution in [1.82, 2.24) is 9.55 Å². The van der Waals surface area contributed by atoms with Crippen molar-refractivity contribution in [3.8, 4) is 0 Å². The molecule has 11 heavy (non-hydrogen) atoms. The van der Waals surface area contributed by atoms with Gasteiger partial charge in [0.1, 0.15) is 5.82 Å². The molecule has 0 aliphatic heterocycles. The van der Waals surface area contributed by atoms with Gasteiger partial charge >= 0.3 is 0 Å². The second-order valence-electron chi connectivity index (χ2n) is 2.40. The van der Waals surface area contributed by atoms with E-state index in [0.717, 1.165) is 0 Å². The summed E-state index contributed by atoms with van der Waals surface area (Å²) in [6.07, 6.45) is 1.53. The van der Waals surface area contributed by atoms with Crippen molar-refractivity contribution in [2.24, 2.45) is 12.8 Å². The van der Waals surface area contributed by atoms with E-state index in [9.17, 15) is 4.79 Å². The molecule has 1 aromatic rings. The minimum absolute atomic E-state index is 0.0556. The quantitative estimate of drug-likeness (QED) is 0.594. The summed E-state index contributed by atoms with van der Waals surface area (Å²) in [5, 5.41) is 0. The highest BCUT2D eigenvalue weighted by Gasteiger charge is 2.00. The first-order valence-electron chi connectivity index (χ1n) is 3.38. The standard InChI is InChI=1S/C7H11N3O/c1-5-9-4-6(3-8)7(11)10(5)2/h4H,3,8H2,1-2H3. The molecule has 0 saturated carbocycles. The number of aryl methyl sites for hydroxylation is 1. The van der Waals surface area contributed by atoms with E-state index in [0.29, 0.717) is 11.4 Å². The number of nitrogens with zero attached hydrogens (tertiary/aromatic N) is 2. The van der Waals surface area contributed by atoms with Crippen LogP contribution in [0, 0.1) is 6.92 Å². The Bertz CT molecular complexity index is 316. The molecule has 4 heteroatoms. The van der Waals surface area contributed by atoms with Gasteiger partial charge in [-0.15, -0.1) is 0 Å². The van der Waals surface area contributed by atoms with Gasteiger partial charge in [-0.25, -0.2) is 4.98 Å². The fourth-order valence-corrected chi connectivity index (χ4v) is 0.816. The van der Waals surface area contributed by atoms with Crippen LogP contribution in [0.4, 0.5) is 0 Å². The van der Waals surface area contributed by atoms with E-state index in [2.05, 4.69) is 4.98 Å². The van der Waals surface area contributed by atoms with Crippen molar-refractivity contribution in [3.63, 3.8) is 0 Å². The highest BCUT2D eigenvalue weighted by molar-refractivity contribution is 5.05. The van der Waals surface area contributed by atoms with Crippen molar-refractivity contribution >= 4 is 0 Å². The second-order valence-corrected chi connectivity index (χ2v) is 2.40. The molecule has 0 aliphatic rings. The van der Waals surface area contributed by atoms with Gasteiger partial charge in [0, 0.05) is 25.4 Å². The molecule has 0 saturated heterocycles. The summed E-state index contributed by atoms with van der Waals surface area (Å²) in [7, 11) is 1.68. The number of aromatic nitrogens is 2. The minimum Gasteiger partial charge on any atom is -0.326 e. The Labute approximate surface area is 64.7 Å². The molecule has 0 fully saturated rings. The number of rotatable bonds is 1. The van der Waals surface area contributed by atoms with Gasteiger partial charge in [-0.1, -0.05) is 0 Å². The van der Waals surface area contributed by atoms with Gasteiger partial charge < -0.3 is 5.73 Å². The van der Waals surface area contributed by atoms with E-state index in [1.54, 1.807) is 14.0 Å². The SMILES string of the molecule is Cc1ncc(CN)c(=O)n1C. The summed E-state index contributed by atoms with van der Waals surface area (Å²) < 4.78 is 1.49. The average molecular weight is 153 g/mol. The molecule has 1 heterocycles. The van der Waals surface area contributed by atoms with Crippen molar-refractivity contribution in [2.75, 3.05) is 0 Å². The first kappa shape index (κ1) is 7.94. The Hall–Kier alpha value is -1.16. The predicted molar refractivity (Wildman–Crippen MR) is 42.1 cm³/mol. The van der Waals surface area contributed by atoms with Gasteiger partial charge in [0.2, 0.25) is 0 Å². The number of nitrogens with two attached hydrogens (primary N) is 1. The number of hydrogen-bond donors (Lipinski definition) is 1. The fourth-order valence-electron chi connectivity index (χ4n) is 0.816. The van der Waals surface area contributed by atoms with Crippen LogP contribution >= 0.6 is 0 Å². The average Bonchev–Trinajstić information content (AvgIpc) is 2.01. The molecule has 1 aromatic heterocycles. The molecule has 0 unspecified atom stereocenters. The van der Waals surface area contributed by atoms with Gasteiger partial charge in [-0.3, -0.25) is 9.36 Å². The molecule has 60 valence electrons. The maximum atomic E-state index is 11.3. The first-order valence-corrected chi connectivity index (χ1v) is 3.38. The molecule has 0 atom stereocenters. The summed E-state index contributed by atoms with van der Waals surface area (Å²) in [6.45, 7) is 2.03. The molecular formula is C7H11N3O. The van der Waals surface area contributed by atoms with Crippen molar-refractivity contribution < 1.29 is 0 Å². The normalized spacial score (nSPS) is 10.1. The fraction of sp³-hybridized carbons (Fsp3) is 0.429. The molecule has 0 radical (unpaired) electrons. The maximum Gasteiger partial charge on any atom is 0.257 e. The van der Waals surface area contributed by atoms with E-state index < -0.39 is 0 Å². The second kappa shape index (κ2) is 2.84. The van der Waals surface area contributed by atoms with Gasteiger partial charge in [0.25, 0.3) is 5.56 Å². The summed E-state index contributed by atoms with van der Waals surface area (Å²) >= 11 is 0. The molecule has 0 aliphatic carbocycles. The van der Waals surface area contributed by atoms with E-state index in [-0.39, 0.29) is 12.1 Å². The summed E-state index contributed by atoms with van der Waals surface area (Å²) in [5.41, 5.74) is 5.81. The topological polar surface area (TPSA) is 60.9 Å². The Morgan fingerprint density at radius 1 is 1.73 bits per heavy atom. The molecule has 4 nitrogen and oxygen atoms in total. The summed E-state index contributed by atoms with van der Waals surface area (Å²) in [4.78, 5) is 15.3. The summed E-state index contributed by atoms with van der Waals surface area (Å²) in [5.74, 6) is 0.701. The zero-order chi connectivity index (χ0) is 8.43. The van der Waals surface area contributed by atoms with Crippen molar-refractivity contribution in [3.05, 3.63) is 27.9 Å². The monoisotopic (exact) mass is 153 g/mol. The van der Waals surface area contributed by atoms with Crippen molar-refractivity contribution in [2.45, 2.75) is 13.5 Å². The third-order valence-electron chi connectivity index (χ3n) is 1.69. The van der Waals surface area contributed by atoms with Crippen LogP contribution in [0.25, 0.3) is 0 Å². The van der Waals surface area contributed by atoms with Crippen LogP contribution in [0.5, 0.6) is 0 Å². The maximum absolute atomic E-state index is 11.3. The van der Waals surface area contributed by atoms with E-state index in [4.69, 9.17) is 5.73 Å². The van der Waals surface area contributed by atoms with E-state index >= 15 is 0 Å². The Morgan fingerprint density at radius 2 is 2.36 bits per heavy atom. The summed E-state index contributed by atoms with van der Waals surface area (Å²) in [6, 6.07) is 0. The molecule has 1 rings (SSSR count). The van der Waals surface area contributed by atoms with Crippen LogP contribution in [-0.2, 0) is 13.6 Å². The lowest BCUT2D eigenvalue weighted by Crippen LogP contribution is -2.25. The first-order chi connectivity index (χ1) is 5.16. The Morgan fingerprint density at radius 3 is 2.91 bits per heavy atom. The van der Waals surface area contributed by atoms with Crippen LogP contribution < -0.4 is 11.3 Å². The lowest BCUT2D eigenvalue weighted by Gasteiger charge is -2.02. The van der Waals surface area contributed by atoms with Crippen LogP contribution in [0.1, 0.15) is 11.4 Å².